The number of halogens is 1. The lowest BCUT2D eigenvalue weighted by molar-refractivity contribution is -0.384. The van der Waals surface area contributed by atoms with Gasteiger partial charge in [0.2, 0.25) is 11.1 Å². The highest BCUT2D eigenvalue weighted by molar-refractivity contribution is 8.01. The van der Waals surface area contributed by atoms with E-state index in [1.165, 1.54) is 51.2 Å². The maximum absolute atomic E-state index is 13.0. The Morgan fingerprint density at radius 3 is 1.20 bits per heavy atom. The second kappa shape index (κ2) is 38.2. The fraction of sp³-hybridized carbons (Fsp3) is 0.261. The van der Waals surface area contributed by atoms with Crippen LogP contribution in [-0.2, 0) is 26.8 Å². The number of non-ortho nitro benzene ring substituents is 1. The van der Waals surface area contributed by atoms with Crippen molar-refractivity contribution in [1.82, 2.24) is 44.6 Å². The molecule has 3 aliphatic heterocycles. The normalized spacial score (nSPS) is 15.6. The van der Waals surface area contributed by atoms with Crippen LogP contribution in [0.25, 0.3) is 0 Å². The molecule has 9 aromatic rings. The minimum absolute atomic E-state index is 0.00467. The first-order valence-electron chi connectivity index (χ1n) is 31.2. The van der Waals surface area contributed by atoms with Gasteiger partial charge in [-0.15, -0.1) is 35.3 Å². The molecule has 6 N–H and O–H groups in total. The fourth-order valence-electron chi connectivity index (χ4n) is 10.2. The van der Waals surface area contributed by atoms with Crippen molar-refractivity contribution in [3.05, 3.63) is 234 Å². The molecule has 0 radical (unpaired) electrons. The molecule has 98 heavy (non-hydrogen) atoms. The lowest BCUT2D eigenvalue weighted by Gasteiger charge is -2.33. The van der Waals surface area contributed by atoms with Gasteiger partial charge in [-0.25, -0.2) is 15.0 Å². The number of rotatable bonds is 22. The number of hydrogen-bond acceptors (Lipinski definition) is 23. The largest absolute Gasteiger partial charge is 0.399 e. The van der Waals surface area contributed by atoms with Crippen molar-refractivity contribution in [2.75, 3.05) is 66.3 Å². The zero-order valence-electron chi connectivity index (χ0n) is 53.2. The lowest BCUT2D eigenvalue weighted by atomic mass is 10.0. The number of piperidine rings is 3. The molecule has 0 aliphatic carbocycles. The molecule has 22 nitrogen and oxygen atoms in total. The van der Waals surface area contributed by atoms with Crippen LogP contribution in [0.1, 0.15) is 86.3 Å². The highest BCUT2D eigenvalue weighted by atomic mass is 35.5. The number of anilines is 5. The average Bonchev–Trinajstić information content (AvgIpc) is 1.82. The second-order valence-corrected chi connectivity index (χ2v) is 29.6. The van der Waals surface area contributed by atoms with E-state index in [0.29, 0.717) is 54.2 Å². The predicted molar refractivity (Wildman–Crippen MR) is 396 cm³/mol. The molecule has 3 aliphatic rings. The van der Waals surface area contributed by atoms with Crippen molar-refractivity contribution in [3.63, 3.8) is 0 Å². The number of benzene rings is 3. The molecule has 29 heteroatoms. The summed E-state index contributed by atoms with van der Waals surface area (Å²) in [6, 6.07) is 32.4. The van der Waals surface area contributed by atoms with E-state index >= 15 is 0 Å². The van der Waals surface area contributed by atoms with Gasteiger partial charge in [0, 0.05) is 152 Å². The number of nitro benzene ring substituents is 1. The minimum atomic E-state index is -0.509. The van der Waals surface area contributed by atoms with Gasteiger partial charge in [0.05, 0.1) is 36.1 Å². The summed E-state index contributed by atoms with van der Waals surface area (Å²) >= 11 is 14.8. The molecular weight excluding hydrogens is 1380 g/mol. The van der Waals surface area contributed by atoms with Crippen molar-refractivity contribution < 1.29 is 28.9 Å². The van der Waals surface area contributed by atoms with Crippen LogP contribution in [0, 0.1) is 10.1 Å². The Balaban J connectivity index is 0.000000166. The number of aromatic nitrogens is 6. The maximum atomic E-state index is 13.0. The smallest absolute Gasteiger partial charge is 0.269 e. The van der Waals surface area contributed by atoms with Crippen molar-refractivity contribution in [2.24, 2.45) is 0 Å². The van der Waals surface area contributed by atoms with Crippen LogP contribution in [0.5, 0.6) is 0 Å². The molecule has 4 amide bonds. The van der Waals surface area contributed by atoms with Gasteiger partial charge in [-0.05, 0) is 158 Å². The molecule has 3 fully saturated rings. The number of nitro groups is 1. The number of likely N-dealkylation sites (tertiary alicyclic amines) is 3. The molecule has 12 rings (SSSR count). The highest BCUT2D eigenvalue weighted by Crippen LogP contribution is 2.35. The van der Waals surface area contributed by atoms with Crippen molar-refractivity contribution in [2.45, 2.75) is 86.5 Å². The molecule has 3 atom stereocenters. The van der Waals surface area contributed by atoms with Gasteiger partial charge in [-0.3, -0.25) is 49.0 Å². The van der Waals surface area contributed by atoms with Crippen LogP contribution in [0.4, 0.5) is 32.5 Å². The number of thiazole rings is 3. The SMILES string of the molecule is C=CC(=O)Cl.C=CC(=O)Nc1ccc(C(=O)N2CCC[C@@H](Nc3ncc(SCc4cccnc4)s3)C2)cc1.Nc1ccc(C(=O)N2CCC[C@@H](Nc3ncc(SCc4cccnc4)s3)C2)cc1.O=C(c1ccc([N+](=O)[O-])cc1)N1CCC[C@@H](Nc2ncc(SCc3cccnc3)s2)C1. The summed E-state index contributed by atoms with van der Waals surface area (Å²) in [4.78, 5) is 101. The van der Waals surface area contributed by atoms with E-state index < -0.39 is 10.2 Å². The number of carbonyl (C=O) groups is 5. The number of nitrogen functional groups attached to an aromatic ring is 1. The lowest BCUT2D eigenvalue weighted by Crippen LogP contribution is -2.45. The Kier molecular flexibility index (Phi) is 28.5. The second-order valence-electron chi connectivity index (χ2n) is 22.3. The summed E-state index contributed by atoms with van der Waals surface area (Å²) in [6.45, 7) is 10.6. The van der Waals surface area contributed by atoms with Crippen molar-refractivity contribution in [1.29, 1.82) is 0 Å². The van der Waals surface area contributed by atoms with E-state index in [-0.39, 0.29) is 47.4 Å². The van der Waals surface area contributed by atoms with E-state index in [2.05, 4.69) is 82.5 Å². The van der Waals surface area contributed by atoms with Gasteiger partial charge < -0.3 is 41.7 Å². The Morgan fingerprint density at radius 1 is 0.541 bits per heavy atom. The molecule has 3 aromatic carbocycles. The number of amides is 4. The highest BCUT2D eigenvalue weighted by Gasteiger charge is 2.28. The fourth-order valence-corrected chi connectivity index (χ4v) is 15.9. The van der Waals surface area contributed by atoms with E-state index in [9.17, 15) is 34.1 Å². The molecule has 9 heterocycles. The third-order valence-electron chi connectivity index (χ3n) is 15.1. The summed E-state index contributed by atoms with van der Waals surface area (Å²) < 4.78 is 3.44. The van der Waals surface area contributed by atoms with Gasteiger partial charge in [0.25, 0.3) is 23.4 Å². The first-order valence-corrected chi connectivity index (χ1v) is 37.0. The topological polar surface area (TPSA) is 290 Å². The third-order valence-corrected chi connectivity index (χ3v) is 21.8. The van der Waals surface area contributed by atoms with E-state index in [1.807, 2.05) is 65.2 Å². The number of allylic oxidation sites excluding steroid dienone is 1. The maximum Gasteiger partial charge on any atom is 0.269 e. The zero-order chi connectivity index (χ0) is 69.0. The number of thioether (sulfide) groups is 3. The molecule has 0 saturated carbocycles. The molecule has 6 aromatic heterocycles. The van der Waals surface area contributed by atoms with Gasteiger partial charge in [-0.1, -0.05) is 65.4 Å². The van der Waals surface area contributed by atoms with Gasteiger partial charge in [-0.2, -0.15) is 0 Å². The van der Waals surface area contributed by atoms with E-state index in [0.717, 1.165) is 98.8 Å². The van der Waals surface area contributed by atoms with Crippen LogP contribution in [-0.4, -0.2) is 136 Å². The average molecular weight is 1450 g/mol. The number of pyridine rings is 3. The number of nitrogens with zero attached hydrogens (tertiary/aromatic N) is 10. The Hall–Kier alpha value is -9.03. The predicted octanol–water partition coefficient (Wildman–Crippen LogP) is 14.2. The van der Waals surface area contributed by atoms with Crippen molar-refractivity contribution in [3.8, 4) is 0 Å². The Bertz CT molecular complexity index is 4070. The minimum Gasteiger partial charge on any atom is -0.399 e. The Morgan fingerprint density at radius 2 is 0.888 bits per heavy atom. The monoisotopic (exact) mass is 1450 g/mol. The van der Waals surface area contributed by atoms with Gasteiger partial charge >= 0.3 is 0 Å². The summed E-state index contributed by atoms with van der Waals surface area (Å²) in [5.74, 6) is 2.25. The Labute approximate surface area is 598 Å². The molecule has 508 valence electrons. The summed E-state index contributed by atoms with van der Waals surface area (Å²) in [5.41, 5.74) is 12.3. The molecule has 3 saturated heterocycles. The van der Waals surface area contributed by atoms with Gasteiger partial charge in [0.15, 0.2) is 15.4 Å². The number of nitrogens with one attached hydrogen (secondary N) is 4. The molecule has 0 unspecified atom stereocenters. The van der Waals surface area contributed by atoms with Crippen LogP contribution in [0.2, 0.25) is 0 Å². The number of nitrogens with two attached hydrogens (primary N) is 1. The number of carbonyl (C=O) groups excluding carboxylic acids is 5. The van der Waals surface area contributed by atoms with Crippen LogP contribution >= 0.6 is 80.9 Å². The summed E-state index contributed by atoms with van der Waals surface area (Å²) in [7, 11) is 0. The molecular formula is C69H72ClN15O7S6. The summed E-state index contributed by atoms with van der Waals surface area (Å²) in [5, 5.41) is 26.1. The third kappa shape index (κ3) is 23.6. The van der Waals surface area contributed by atoms with Crippen LogP contribution < -0.4 is 27.0 Å². The number of hydrogen-bond donors (Lipinski definition) is 5. The standard InChI is InChI=1S/C24H25N5O2S2.C21H21N5O3S2.C21H23N5OS2.C3H3ClO/c1-2-21(30)27-19-9-7-18(8-10-19)23(31)29-12-4-6-20(15-29)28-24-26-14-22(33-24)32-16-17-5-3-11-25-13-17;27-20(16-5-7-18(8-6-16)26(28)29)25-10-2-4-17(13-25)24-21-23-12-19(31-21)30-14-15-3-1-9-22-11-15;22-17-7-5-16(6-8-17)20(27)26-10-2-4-18(13-26)25-21-24-12-19(29-21)28-14-15-3-1-9-23-11-15;1-2-3(4)5/h2-3,5,7-11,13-14,20H,1,4,6,12,15-16H2,(H,26,28)(H,27,30);1,3,5-9,11-12,17H,2,4,10,13-14H2,(H,23,24);1,3,5-9,11-12,18H,2,4,10,13-14,22H2,(H,24,25);2H,1H2/t20-;17-;18-;/m111./s1. The van der Waals surface area contributed by atoms with Gasteiger partial charge in [0.1, 0.15) is 0 Å². The zero-order valence-corrected chi connectivity index (χ0v) is 58.9. The molecule has 0 spiro atoms. The van der Waals surface area contributed by atoms with Crippen LogP contribution in [0.3, 0.4) is 0 Å². The van der Waals surface area contributed by atoms with E-state index in [1.54, 1.807) is 141 Å². The first-order chi connectivity index (χ1) is 47.6. The quantitative estimate of drug-likeness (QED) is 0.0105. The summed E-state index contributed by atoms with van der Waals surface area (Å²) in [6.07, 6.45) is 24.7. The van der Waals surface area contributed by atoms with E-state index in [4.69, 9.17) is 17.3 Å². The van der Waals surface area contributed by atoms with Crippen molar-refractivity contribution >= 4 is 142 Å². The molecule has 0 bridgehead atoms. The first kappa shape index (κ1) is 73.2. The van der Waals surface area contributed by atoms with Crippen LogP contribution in [0.15, 0.2) is 203 Å².